The van der Waals surface area contributed by atoms with Gasteiger partial charge in [-0.15, -0.1) is 0 Å². The smallest absolute Gasteiger partial charge is 0.287 e. The van der Waals surface area contributed by atoms with E-state index in [-0.39, 0.29) is 29.8 Å². The topological polar surface area (TPSA) is 88.9 Å². The number of sulfonamides is 1. The van der Waals surface area contributed by atoms with Crippen LogP contribution in [0.15, 0.2) is 28.7 Å². The van der Waals surface area contributed by atoms with Crippen molar-refractivity contribution in [2.75, 3.05) is 13.4 Å². The molecule has 140 valence electrons. The minimum atomic E-state index is -3.20. The number of rotatable bonds is 4. The summed E-state index contributed by atoms with van der Waals surface area (Å²) in [4.78, 5) is 12.6. The van der Waals surface area contributed by atoms with Gasteiger partial charge in [0.2, 0.25) is 10.0 Å². The van der Waals surface area contributed by atoms with Crippen molar-refractivity contribution in [3.05, 3.63) is 30.0 Å². The fourth-order valence-electron chi connectivity index (χ4n) is 4.36. The van der Waals surface area contributed by atoms with Crippen LogP contribution in [0.3, 0.4) is 0 Å². The number of ether oxygens (including phenoxy) is 1. The number of nitrogens with zero attached hydrogens (tertiary/aromatic N) is 1. The summed E-state index contributed by atoms with van der Waals surface area (Å²) in [5.41, 5.74) is 0.548. The number of nitrogens with one attached hydrogen (secondary N) is 1. The summed E-state index contributed by atoms with van der Waals surface area (Å²) in [5, 5.41) is 3.82. The summed E-state index contributed by atoms with van der Waals surface area (Å²) in [5.74, 6) is 0.545. The lowest BCUT2D eigenvalue weighted by molar-refractivity contribution is 0.0883. The van der Waals surface area contributed by atoms with Crippen molar-refractivity contribution in [1.29, 1.82) is 0 Å². The van der Waals surface area contributed by atoms with Crippen molar-refractivity contribution in [1.82, 2.24) is 9.62 Å². The van der Waals surface area contributed by atoms with Gasteiger partial charge in [0.05, 0.1) is 13.4 Å². The molecule has 2 aliphatic rings. The van der Waals surface area contributed by atoms with Crippen LogP contribution in [0.5, 0.6) is 5.75 Å². The van der Waals surface area contributed by atoms with Gasteiger partial charge in [0.25, 0.3) is 5.91 Å². The maximum Gasteiger partial charge on any atom is 0.287 e. The summed E-state index contributed by atoms with van der Waals surface area (Å²) >= 11 is 0. The van der Waals surface area contributed by atoms with Crippen LogP contribution in [-0.2, 0) is 10.0 Å². The standard InChI is InChI=1S/C18H22N2O5S/c1-24-15-5-3-4-11-8-16(25-17(11)15)18(21)19-12-9-13-6-7-14(10-12)20(13)26(2,22)23/h3-5,8,12-14H,6-7,9-10H2,1-2H3,(H,19,21)/t12?,13-,14+. The van der Waals surface area contributed by atoms with Gasteiger partial charge in [-0.1, -0.05) is 12.1 Å². The fourth-order valence-corrected chi connectivity index (χ4v) is 5.82. The molecule has 3 atom stereocenters. The van der Waals surface area contributed by atoms with Crippen molar-refractivity contribution in [3.63, 3.8) is 0 Å². The number of fused-ring (bicyclic) bond motifs is 3. The Labute approximate surface area is 152 Å². The Kier molecular flexibility index (Phi) is 4.19. The molecule has 4 rings (SSSR count). The molecule has 2 aromatic rings. The Hall–Kier alpha value is -2.06. The van der Waals surface area contributed by atoms with Gasteiger partial charge in [-0.2, -0.15) is 4.31 Å². The third-order valence-electron chi connectivity index (χ3n) is 5.34. The molecule has 2 fully saturated rings. The van der Waals surface area contributed by atoms with Crippen LogP contribution in [0.2, 0.25) is 0 Å². The molecule has 1 amide bonds. The van der Waals surface area contributed by atoms with Crippen LogP contribution in [-0.4, -0.2) is 50.1 Å². The number of furan rings is 1. The van der Waals surface area contributed by atoms with Crippen molar-refractivity contribution in [3.8, 4) is 5.75 Å². The van der Waals surface area contributed by atoms with Crippen molar-refractivity contribution >= 4 is 26.9 Å². The Bertz CT molecular complexity index is 938. The molecular formula is C18H22N2O5S. The van der Waals surface area contributed by atoms with E-state index in [1.54, 1.807) is 23.5 Å². The highest BCUT2D eigenvalue weighted by molar-refractivity contribution is 7.88. The fraction of sp³-hybridized carbons (Fsp3) is 0.500. The van der Waals surface area contributed by atoms with Crippen molar-refractivity contribution in [2.24, 2.45) is 0 Å². The Morgan fingerprint density at radius 2 is 1.96 bits per heavy atom. The second-order valence-electron chi connectivity index (χ2n) is 7.11. The highest BCUT2D eigenvalue weighted by atomic mass is 32.2. The maximum absolute atomic E-state index is 12.6. The molecule has 0 saturated carbocycles. The van der Waals surface area contributed by atoms with Crippen LogP contribution in [0.25, 0.3) is 11.0 Å². The van der Waals surface area contributed by atoms with Gasteiger partial charge in [-0.3, -0.25) is 4.79 Å². The zero-order valence-corrected chi connectivity index (χ0v) is 15.6. The summed E-state index contributed by atoms with van der Waals surface area (Å²) in [7, 11) is -1.64. The van der Waals surface area contributed by atoms with E-state index in [0.717, 1.165) is 18.2 Å². The second-order valence-corrected chi connectivity index (χ2v) is 9.00. The monoisotopic (exact) mass is 378 g/mol. The first-order valence-electron chi connectivity index (χ1n) is 8.72. The molecule has 1 aromatic carbocycles. The van der Waals surface area contributed by atoms with Crippen LogP contribution < -0.4 is 10.1 Å². The molecule has 2 saturated heterocycles. The summed E-state index contributed by atoms with van der Waals surface area (Å²) in [6, 6.07) is 7.10. The molecule has 2 bridgehead atoms. The summed E-state index contributed by atoms with van der Waals surface area (Å²) in [6.07, 6.45) is 4.24. The molecule has 1 N–H and O–H groups in total. The minimum absolute atomic E-state index is 0.0233. The third kappa shape index (κ3) is 2.97. The van der Waals surface area contributed by atoms with Gasteiger partial charge in [0.15, 0.2) is 17.1 Å². The Balaban J connectivity index is 1.50. The summed E-state index contributed by atoms with van der Waals surface area (Å²) in [6.45, 7) is 0. The molecule has 26 heavy (non-hydrogen) atoms. The lowest BCUT2D eigenvalue weighted by Crippen LogP contribution is -2.52. The van der Waals surface area contributed by atoms with Gasteiger partial charge < -0.3 is 14.5 Å². The molecule has 0 radical (unpaired) electrons. The SMILES string of the molecule is COc1cccc2cc(C(=O)NC3C[C@H]4CC[C@@H](C3)N4S(C)(=O)=O)oc12. The molecule has 1 aromatic heterocycles. The average Bonchev–Trinajstić information content (AvgIpc) is 3.14. The van der Waals surface area contributed by atoms with E-state index in [2.05, 4.69) is 5.32 Å². The van der Waals surface area contributed by atoms with E-state index in [0.29, 0.717) is 24.2 Å². The lowest BCUT2D eigenvalue weighted by Gasteiger charge is -2.37. The van der Waals surface area contributed by atoms with Gasteiger partial charge in [-0.05, 0) is 37.8 Å². The molecule has 3 heterocycles. The first kappa shape index (κ1) is 17.4. The molecule has 0 aliphatic carbocycles. The van der Waals surface area contributed by atoms with Crippen LogP contribution in [0.1, 0.15) is 36.2 Å². The van der Waals surface area contributed by atoms with Crippen molar-refractivity contribution < 1.29 is 22.4 Å². The predicted octanol–water partition coefficient (Wildman–Crippen LogP) is 2.13. The van der Waals surface area contributed by atoms with Crippen molar-refractivity contribution in [2.45, 2.75) is 43.8 Å². The van der Waals surface area contributed by atoms with E-state index < -0.39 is 10.0 Å². The van der Waals surface area contributed by atoms with Gasteiger partial charge >= 0.3 is 0 Å². The van der Waals surface area contributed by atoms with E-state index in [4.69, 9.17) is 9.15 Å². The molecule has 8 heteroatoms. The van der Waals surface area contributed by atoms with E-state index in [1.807, 2.05) is 12.1 Å². The Morgan fingerprint density at radius 1 is 1.27 bits per heavy atom. The number of carbonyl (C=O) groups is 1. The molecule has 1 unspecified atom stereocenters. The van der Waals surface area contributed by atoms with E-state index >= 15 is 0 Å². The van der Waals surface area contributed by atoms with Gasteiger partial charge in [0, 0.05) is 23.5 Å². The molecule has 0 spiro atoms. The first-order valence-corrected chi connectivity index (χ1v) is 10.6. The number of amides is 1. The van der Waals surface area contributed by atoms with E-state index in [9.17, 15) is 13.2 Å². The van der Waals surface area contributed by atoms with Crippen LogP contribution in [0.4, 0.5) is 0 Å². The quantitative estimate of drug-likeness (QED) is 0.880. The average molecular weight is 378 g/mol. The Morgan fingerprint density at radius 3 is 2.58 bits per heavy atom. The van der Waals surface area contributed by atoms with E-state index in [1.165, 1.54) is 6.26 Å². The highest BCUT2D eigenvalue weighted by Gasteiger charge is 2.45. The number of carbonyl (C=O) groups excluding carboxylic acids is 1. The zero-order valence-electron chi connectivity index (χ0n) is 14.8. The van der Waals surface area contributed by atoms with Crippen LogP contribution >= 0.6 is 0 Å². The first-order chi connectivity index (χ1) is 12.4. The highest BCUT2D eigenvalue weighted by Crippen LogP contribution is 2.37. The number of para-hydroxylation sites is 1. The van der Waals surface area contributed by atoms with Gasteiger partial charge in [-0.25, -0.2) is 8.42 Å². The zero-order chi connectivity index (χ0) is 18.5. The summed E-state index contributed by atoms with van der Waals surface area (Å²) < 4.78 is 36.5. The number of piperidine rings is 1. The molecule has 7 nitrogen and oxygen atoms in total. The largest absolute Gasteiger partial charge is 0.493 e. The predicted molar refractivity (Wildman–Crippen MR) is 96.7 cm³/mol. The third-order valence-corrected chi connectivity index (χ3v) is 6.70. The van der Waals surface area contributed by atoms with Crippen LogP contribution in [0, 0.1) is 0 Å². The number of methoxy groups -OCH3 is 1. The maximum atomic E-state index is 12.6. The minimum Gasteiger partial charge on any atom is -0.493 e. The number of benzene rings is 1. The lowest BCUT2D eigenvalue weighted by atomic mass is 9.99. The molecular weight excluding hydrogens is 356 g/mol. The van der Waals surface area contributed by atoms with Gasteiger partial charge in [0.1, 0.15) is 0 Å². The number of hydrogen-bond donors (Lipinski definition) is 1. The molecule has 2 aliphatic heterocycles. The number of hydrogen-bond acceptors (Lipinski definition) is 5. The normalized spacial score (nSPS) is 26.2. The second kappa shape index (κ2) is 6.28.